The summed E-state index contributed by atoms with van der Waals surface area (Å²) in [5.41, 5.74) is 2.07. The smallest absolute Gasteiger partial charge is 0.294 e. The van der Waals surface area contributed by atoms with Crippen LogP contribution in [0.25, 0.3) is 27.7 Å². The number of fused-ring (bicyclic) bond motifs is 4. The van der Waals surface area contributed by atoms with Crippen LogP contribution in [0.5, 0.6) is 0 Å². The van der Waals surface area contributed by atoms with Gasteiger partial charge in [-0.1, -0.05) is 12.1 Å². The van der Waals surface area contributed by atoms with Crippen molar-refractivity contribution in [2.24, 2.45) is 0 Å². The zero-order valence-electron chi connectivity index (χ0n) is 16.9. The van der Waals surface area contributed by atoms with Gasteiger partial charge in [-0.2, -0.15) is 0 Å². The van der Waals surface area contributed by atoms with E-state index in [0.29, 0.717) is 23.5 Å². The summed E-state index contributed by atoms with van der Waals surface area (Å²) < 4.78 is 7.57. The molecule has 31 heavy (non-hydrogen) atoms. The maximum atomic E-state index is 12.6. The van der Waals surface area contributed by atoms with E-state index >= 15 is 0 Å². The molecule has 1 aliphatic rings. The van der Waals surface area contributed by atoms with Crippen molar-refractivity contribution < 1.29 is 4.42 Å². The summed E-state index contributed by atoms with van der Waals surface area (Å²) in [6, 6.07) is 7.80. The minimum atomic E-state index is -0.245. The maximum Gasteiger partial charge on any atom is 0.294 e. The summed E-state index contributed by atoms with van der Waals surface area (Å²) in [4.78, 5) is 29.3. The second-order valence-corrected chi connectivity index (χ2v) is 7.88. The summed E-state index contributed by atoms with van der Waals surface area (Å²) in [5.74, 6) is 1.48. The number of piperazine rings is 1. The lowest BCUT2D eigenvalue weighted by atomic mass is 10.2. The molecular formula is C21H20N8O2. The molecule has 1 fully saturated rings. The van der Waals surface area contributed by atoms with E-state index in [9.17, 15) is 4.79 Å². The van der Waals surface area contributed by atoms with Gasteiger partial charge >= 0.3 is 0 Å². The van der Waals surface area contributed by atoms with Gasteiger partial charge in [0.2, 0.25) is 11.2 Å². The van der Waals surface area contributed by atoms with Crippen molar-refractivity contribution in [2.75, 3.05) is 24.5 Å². The Balaban J connectivity index is 1.26. The van der Waals surface area contributed by atoms with Crippen LogP contribution in [0, 0.1) is 0 Å². The quantitative estimate of drug-likeness (QED) is 0.474. The number of rotatable bonds is 3. The number of para-hydroxylation sites is 1. The zero-order chi connectivity index (χ0) is 20.9. The standard InChI is InChI=1S/C21H20N8O2/c1-13-10-27(8-9-29(13)19-20-26-23-12-28(20)7-6-22-19)11-16-24-17-14-4-2-3-5-15(14)31-18(17)21(30)25-16/h2-7,12-13H,8-11H2,1H3,(H,24,25,30). The molecule has 5 heterocycles. The van der Waals surface area contributed by atoms with E-state index in [1.54, 1.807) is 12.5 Å². The fourth-order valence-corrected chi connectivity index (χ4v) is 4.37. The minimum Gasteiger partial charge on any atom is -0.449 e. The van der Waals surface area contributed by atoms with Crippen LogP contribution in [0.4, 0.5) is 5.82 Å². The number of aromatic nitrogens is 6. The van der Waals surface area contributed by atoms with Gasteiger partial charge in [0.15, 0.2) is 5.82 Å². The van der Waals surface area contributed by atoms with E-state index in [1.165, 1.54) is 0 Å². The van der Waals surface area contributed by atoms with Gasteiger partial charge in [-0.05, 0) is 19.1 Å². The Hall–Kier alpha value is -3.79. The molecule has 1 aliphatic heterocycles. The molecule has 0 aliphatic carbocycles. The third-order valence-corrected chi connectivity index (χ3v) is 5.83. The van der Waals surface area contributed by atoms with Crippen LogP contribution >= 0.6 is 0 Å². The highest BCUT2D eigenvalue weighted by Crippen LogP contribution is 2.25. The molecule has 5 aromatic rings. The fourth-order valence-electron chi connectivity index (χ4n) is 4.37. The van der Waals surface area contributed by atoms with Gasteiger partial charge in [0.1, 0.15) is 23.3 Å². The molecule has 4 aromatic heterocycles. The van der Waals surface area contributed by atoms with Crippen molar-refractivity contribution in [1.82, 2.24) is 34.4 Å². The van der Waals surface area contributed by atoms with E-state index in [0.717, 1.165) is 36.5 Å². The largest absolute Gasteiger partial charge is 0.449 e. The van der Waals surface area contributed by atoms with Gasteiger partial charge in [0.25, 0.3) is 5.56 Å². The van der Waals surface area contributed by atoms with E-state index in [2.05, 4.69) is 36.9 Å². The molecule has 0 spiro atoms. The number of hydrogen-bond donors (Lipinski definition) is 1. The highest BCUT2D eigenvalue weighted by Gasteiger charge is 2.27. The molecule has 1 atom stereocenters. The van der Waals surface area contributed by atoms with Crippen LogP contribution in [0.15, 0.2) is 52.2 Å². The van der Waals surface area contributed by atoms with Crippen LogP contribution in [0.2, 0.25) is 0 Å². The van der Waals surface area contributed by atoms with Crippen LogP contribution in [0.3, 0.4) is 0 Å². The lowest BCUT2D eigenvalue weighted by molar-refractivity contribution is 0.215. The average Bonchev–Trinajstić information content (AvgIpc) is 3.39. The van der Waals surface area contributed by atoms with Crippen molar-refractivity contribution in [2.45, 2.75) is 19.5 Å². The summed E-state index contributed by atoms with van der Waals surface area (Å²) >= 11 is 0. The Kier molecular flexibility index (Phi) is 4.00. The monoisotopic (exact) mass is 416 g/mol. The SMILES string of the molecule is CC1CN(Cc2nc3c(oc4ccccc43)c(=O)[nH]2)CCN1c1nccn2cnnc12. The molecule has 0 saturated carbocycles. The first-order chi connectivity index (χ1) is 15.2. The molecule has 156 valence electrons. The molecule has 1 saturated heterocycles. The number of H-pyrrole nitrogens is 1. The van der Waals surface area contributed by atoms with Crippen molar-refractivity contribution >= 4 is 33.5 Å². The molecular weight excluding hydrogens is 396 g/mol. The molecule has 1 aromatic carbocycles. The number of furan rings is 1. The first kappa shape index (κ1) is 18.0. The summed E-state index contributed by atoms with van der Waals surface area (Å²) in [7, 11) is 0. The molecule has 0 amide bonds. The number of nitrogens with zero attached hydrogens (tertiary/aromatic N) is 7. The first-order valence-corrected chi connectivity index (χ1v) is 10.2. The predicted molar refractivity (Wildman–Crippen MR) is 115 cm³/mol. The van der Waals surface area contributed by atoms with Crippen molar-refractivity contribution in [3.05, 3.63) is 59.2 Å². The van der Waals surface area contributed by atoms with Crippen molar-refractivity contribution in [3.63, 3.8) is 0 Å². The van der Waals surface area contributed by atoms with Gasteiger partial charge in [-0.15, -0.1) is 10.2 Å². The van der Waals surface area contributed by atoms with Gasteiger partial charge in [-0.25, -0.2) is 9.97 Å². The minimum absolute atomic E-state index is 0.217. The van der Waals surface area contributed by atoms with E-state index in [1.807, 2.05) is 34.9 Å². The Morgan fingerprint density at radius 2 is 2.16 bits per heavy atom. The Labute approximate surface area is 176 Å². The molecule has 0 radical (unpaired) electrons. The van der Waals surface area contributed by atoms with Gasteiger partial charge in [0, 0.05) is 43.5 Å². The summed E-state index contributed by atoms with van der Waals surface area (Å²) in [6.45, 7) is 5.14. The first-order valence-electron chi connectivity index (χ1n) is 10.2. The normalized spacial score (nSPS) is 17.8. The highest BCUT2D eigenvalue weighted by molar-refractivity contribution is 6.01. The fraction of sp³-hybridized carbons (Fsp3) is 0.286. The van der Waals surface area contributed by atoms with Crippen LogP contribution in [-0.2, 0) is 6.54 Å². The second-order valence-electron chi connectivity index (χ2n) is 7.88. The lowest BCUT2D eigenvalue weighted by Crippen LogP contribution is -2.52. The number of aromatic amines is 1. The van der Waals surface area contributed by atoms with Gasteiger partial charge in [0.05, 0.1) is 6.54 Å². The van der Waals surface area contributed by atoms with Gasteiger partial charge < -0.3 is 14.3 Å². The number of benzene rings is 1. The van der Waals surface area contributed by atoms with Crippen molar-refractivity contribution in [3.8, 4) is 0 Å². The molecule has 6 rings (SSSR count). The van der Waals surface area contributed by atoms with E-state index < -0.39 is 0 Å². The number of nitrogens with one attached hydrogen (secondary N) is 1. The summed E-state index contributed by atoms with van der Waals surface area (Å²) in [5, 5.41) is 9.06. The number of anilines is 1. The third kappa shape index (κ3) is 2.95. The van der Waals surface area contributed by atoms with E-state index in [-0.39, 0.29) is 17.2 Å². The average molecular weight is 416 g/mol. The highest BCUT2D eigenvalue weighted by atomic mass is 16.3. The maximum absolute atomic E-state index is 12.6. The molecule has 10 heteroatoms. The Morgan fingerprint density at radius 1 is 1.26 bits per heavy atom. The summed E-state index contributed by atoms with van der Waals surface area (Å²) in [6.07, 6.45) is 5.29. The van der Waals surface area contributed by atoms with Gasteiger partial charge in [-0.3, -0.25) is 14.1 Å². The molecule has 0 bridgehead atoms. The van der Waals surface area contributed by atoms with Crippen LogP contribution < -0.4 is 10.5 Å². The zero-order valence-corrected chi connectivity index (χ0v) is 16.9. The molecule has 10 nitrogen and oxygen atoms in total. The topological polar surface area (TPSA) is 108 Å². The third-order valence-electron chi connectivity index (χ3n) is 5.83. The Bertz CT molecular complexity index is 1470. The predicted octanol–water partition coefficient (Wildman–Crippen LogP) is 1.82. The number of hydrogen-bond acceptors (Lipinski definition) is 8. The molecule has 1 N–H and O–H groups in total. The Morgan fingerprint density at radius 3 is 3.06 bits per heavy atom. The van der Waals surface area contributed by atoms with E-state index in [4.69, 9.17) is 9.40 Å². The van der Waals surface area contributed by atoms with Crippen molar-refractivity contribution in [1.29, 1.82) is 0 Å². The second kappa shape index (κ2) is 6.88. The lowest BCUT2D eigenvalue weighted by Gasteiger charge is -2.40. The van der Waals surface area contributed by atoms with Crippen LogP contribution in [-0.4, -0.2) is 60.1 Å². The van der Waals surface area contributed by atoms with Crippen LogP contribution in [0.1, 0.15) is 12.7 Å². The molecule has 1 unspecified atom stereocenters.